The van der Waals surface area contributed by atoms with Crippen molar-refractivity contribution in [1.82, 2.24) is 4.72 Å². The van der Waals surface area contributed by atoms with E-state index in [0.29, 0.717) is 5.75 Å². The van der Waals surface area contributed by atoms with Gasteiger partial charge in [0.25, 0.3) is 0 Å². The molecule has 0 aliphatic rings. The number of halogens is 1. The van der Waals surface area contributed by atoms with Crippen LogP contribution in [-0.2, 0) is 17.1 Å². The topological polar surface area (TPSA) is 35.1 Å². The average Bonchev–Trinajstić information content (AvgIpc) is 2.04. The lowest BCUT2D eigenvalue weighted by atomic mass is 10.2. The summed E-state index contributed by atoms with van der Waals surface area (Å²) in [6.07, 6.45) is 0. The second-order valence-corrected chi connectivity index (χ2v) is 3.71. The number of benzene rings is 1. The van der Waals surface area contributed by atoms with Gasteiger partial charge in [-0.25, -0.2) is 4.39 Å². The van der Waals surface area contributed by atoms with Crippen LogP contribution < -0.4 is 4.72 Å². The number of hydrogen-bond donors (Lipinski definition) is 1. The first-order chi connectivity index (χ1) is 5.72. The summed E-state index contributed by atoms with van der Waals surface area (Å²) in [5, 5.41) is 0. The van der Waals surface area contributed by atoms with Crippen LogP contribution in [0.1, 0.15) is 5.56 Å². The molecule has 0 amide bonds. The zero-order chi connectivity index (χ0) is 8.97. The molecule has 1 unspecified atom stereocenters. The summed E-state index contributed by atoms with van der Waals surface area (Å²) in [7, 11) is 1.61. The molecule has 0 saturated carbocycles. The smallest absolute Gasteiger partial charge is 0.150 e. The van der Waals surface area contributed by atoms with E-state index in [-0.39, 0.29) is 5.82 Å². The van der Waals surface area contributed by atoms with Gasteiger partial charge in [0.05, 0.1) is 0 Å². The highest BCUT2D eigenvalue weighted by Gasteiger charge is 2.04. The van der Waals surface area contributed by atoms with Crippen LogP contribution in [0.15, 0.2) is 24.3 Å². The van der Waals surface area contributed by atoms with Crippen molar-refractivity contribution in [2.45, 2.75) is 5.75 Å². The van der Waals surface area contributed by atoms with E-state index in [1.807, 2.05) is 0 Å². The van der Waals surface area contributed by atoms with E-state index in [2.05, 4.69) is 4.72 Å². The van der Waals surface area contributed by atoms with E-state index in [1.54, 1.807) is 19.2 Å². The minimum Gasteiger partial charge on any atom is -0.598 e. The Morgan fingerprint density at radius 3 is 2.92 bits per heavy atom. The molecule has 1 aromatic carbocycles. The van der Waals surface area contributed by atoms with Gasteiger partial charge >= 0.3 is 0 Å². The van der Waals surface area contributed by atoms with Gasteiger partial charge < -0.3 is 4.55 Å². The second kappa shape index (κ2) is 4.45. The van der Waals surface area contributed by atoms with Crippen LogP contribution in [-0.4, -0.2) is 11.6 Å². The Morgan fingerprint density at radius 2 is 2.33 bits per heavy atom. The van der Waals surface area contributed by atoms with E-state index >= 15 is 0 Å². The third kappa shape index (κ3) is 2.81. The zero-order valence-corrected chi connectivity index (χ0v) is 7.53. The Labute approximate surface area is 74.1 Å². The monoisotopic (exact) mass is 187 g/mol. The molecular weight excluding hydrogens is 177 g/mol. The van der Waals surface area contributed by atoms with Gasteiger partial charge in [-0.05, 0) is 12.1 Å². The van der Waals surface area contributed by atoms with Crippen molar-refractivity contribution in [1.29, 1.82) is 0 Å². The van der Waals surface area contributed by atoms with E-state index < -0.39 is 11.4 Å². The van der Waals surface area contributed by atoms with Crippen molar-refractivity contribution in [3.8, 4) is 0 Å². The molecule has 0 radical (unpaired) electrons. The Kier molecular flexibility index (Phi) is 3.52. The minimum atomic E-state index is -1.10. The van der Waals surface area contributed by atoms with Crippen molar-refractivity contribution >= 4 is 11.4 Å². The van der Waals surface area contributed by atoms with Gasteiger partial charge in [-0.3, -0.25) is 0 Å². The van der Waals surface area contributed by atoms with Crippen molar-refractivity contribution in [3.05, 3.63) is 35.6 Å². The fourth-order valence-corrected chi connectivity index (χ4v) is 1.48. The maximum absolute atomic E-state index is 12.6. The van der Waals surface area contributed by atoms with Crippen LogP contribution in [0.3, 0.4) is 0 Å². The molecule has 1 N–H and O–H groups in total. The average molecular weight is 187 g/mol. The quantitative estimate of drug-likeness (QED) is 0.722. The van der Waals surface area contributed by atoms with Crippen LogP contribution >= 0.6 is 0 Å². The predicted octanol–water partition coefficient (Wildman–Crippen LogP) is 1.21. The summed E-state index contributed by atoms with van der Waals surface area (Å²) < 4.78 is 26.2. The summed E-state index contributed by atoms with van der Waals surface area (Å²) in [6, 6.07) is 6.11. The first-order valence-electron chi connectivity index (χ1n) is 3.52. The van der Waals surface area contributed by atoms with Gasteiger partial charge in [-0.2, -0.15) is 0 Å². The summed E-state index contributed by atoms with van der Waals surface area (Å²) >= 11 is -1.10. The van der Waals surface area contributed by atoms with Gasteiger partial charge in [0.1, 0.15) is 5.82 Å². The first-order valence-corrected chi connectivity index (χ1v) is 4.84. The molecule has 1 atom stereocenters. The Bertz CT molecular complexity index is 257. The molecule has 1 aromatic rings. The van der Waals surface area contributed by atoms with E-state index in [1.165, 1.54) is 12.1 Å². The van der Waals surface area contributed by atoms with E-state index in [4.69, 9.17) is 0 Å². The highest BCUT2D eigenvalue weighted by Crippen LogP contribution is 2.06. The molecule has 2 nitrogen and oxygen atoms in total. The molecule has 0 bridgehead atoms. The largest absolute Gasteiger partial charge is 0.598 e. The molecule has 0 aliphatic heterocycles. The lowest BCUT2D eigenvalue weighted by Gasteiger charge is -2.07. The van der Waals surface area contributed by atoms with Crippen LogP contribution in [0, 0.1) is 5.82 Å². The van der Waals surface area contributed by atoms with Crippen molar-refractivity contribution in [3.63, 3.8) is 0 Å². The molecule has 4 heteroatoms. The fraction of sp³-hybridized carbons (Fsp3) is 0.250. The normalized spacial score (nSPS) is 12.9. The molecule has 1 rings (SSSR count). The van der Waals surface area contributed by atoms with Crippen LogP contribution in [0.4, 0.5) is 4.39 Å². The van der Waals surface area contributed by atoms with E-state index in [0.717, 1.165) is 5.56 Å². The standard InChI is InChI=1S/C8H10FNOS/c1-10-12(11)6-7-3-2-4-8(9)5-7/h2-5,10H,6H2,1H3. The highest BCUT2D eigenvalue weighted by molar-refractivity contribution is 7.88. The van der Waals surface area contributed by atoms with Gasteiger partial charge in [-0.15, -0.1) is 4.72 Å². The Balaban J connectivity index is 2.63. The molecule has 0 fully saturated rings. The summed E-state index contributed by atoms with van der Waals surface area (Å²) in [5.74, 6) is 0.0504. The van der Waals surface area contributed by atoms with Crippen LogP contribution in [0.2, 0.25) is 0 Å². The Morgan fingerprint density at radius 1 is 1.58 bits per heavy atom. The first kappa shape index (κ1) is 9.51. The number of rotatable bonds is 3. The molecular formula is C8H10FNOS. The van der Waals surface area contributed by atoms with E-state index in [9.17, 15) is 8.94 Å². The Hall–Kier alpha value is -0.580. The lowest BCUT2D eigenvalue weighted by Crippen LogP contribution is -2.20. The number of nitrogens with one attached hydrogen (secondary N) is 1. The fourth-order valence-electron chi connectivity index (χ4n) is 0.850. The van der Waals surface area contributed by atoms with Gasteiger partial charge in [0, 0.05) is 24.0 Å². The van der Waals surface area contributed by atoms with Gasteiger partial charge in [-0.1, -0.05) is 12.1 Å². The summed E-state index contributed by atoms with van der Waals surface area (Å²) in [4.78, 5) is 0. The van der Waals surface area contributed by atoms with Crippen molar-refractivity contribution in [2.24, 2.45) is 0 Å². The van der Waals surface area contributed by atoms with Crippen molar-refractivity contribution < 1.29 is 8.94 Å². The molecule has 0 spiro atoms. The summed E-state index contributed by atoms with van der Waals surface area (Å²) in [6.45, 7) is 0. The van der Waals surface area contributed by atoms with Gasteiger partial charge in [0.15, 0.2) is 5.75 Å². The third-order valence-corrected chi connectivity index (χ3v) is 2.47. The highest BCUT2D eigenvalue weighted by atomic mass is 32.2. The van der Waals surface area contributed by atoms with Crippen molar-refractivity contribution in [2.75, 3.05) is 7.05 Å². The summed E-state index contributed by atoms with van der Waals surface area (Å²) in [5.41, 5.74) is 0.739. The maximum Gasteiger partial charge on any atom is 0.150 e. The molecule has 12 heavy (non-hydrogen) atoms. The molecule has 0 aliphatic carbocycles. The number of hydrogen-bond acceptors (Lipinski definition) is 2. The third-order valence-electron chi connectivity index (χ3n) is 1.41. The minimum absolute atomic E-state index is 0.291. The van der Waals surface area contributed by atoms with Gasteiger partial charge in [0.2, 0.25) is 0 Å². The maximum atomic E-state index is 12.6. The SMILES string of the molecule is CN[S+]([O-])Cc1cccc(F)c1. The molecule has 0 saturated heterocycles. The molecule has 0 aromatic heterocycles. The lowest BCUT2D eigenvalue weighted by molar-refractivity contribution is 0.586. The zero-order valence-electron chi connectivity index (χ0n) is 6.71. The molecule has 0 heterocycles. The van der Waals surface area contributed by atoms with Crippen LogP contribution in [0.5, 0.6) is 0 Å². The predicted molar refractivity (Wildman–Crippen MR) is 47.3 cm³/mol. The molecule has 66 valence electrons. The second-order valence-electron chi connectivity index (χ2n) is 2.32. The van der Waals surface area contributed by atoms with Crippen LogP contribution in [0.25, 0.3) is 0 Å².